The third-order valence-corrected chi connectivity index (χ3v) is 8.02. The standard InChI is InChI=1S/C23H36N2O5.C8H16O2.C6H5N3O2.CH3Cl.CH3F.CH4/c1-18(21(26)24-15-9-8-12-19(2)22(27)29-3)11-7-10-16-25-23(28)30-17-20-13-5-4-6-14-20;1-3-4-5-6-7(2)8(9)10;10-11-9-6-4-2-1-3-5(6)7-8-9;2*1-2;/h4-6,13-14,18-19H,7-12,15-17H2,1-3H3,(H,24,26)(H,25,28);7H,3-6H2,1-2H3,(H,9,10);1-4,10H;2*1H3;1H4/t18-,19-;7-;;;;/m00..../s1/i;;;;1D;. The molecule has 2 amide bonds. The normalized spacial score (nSPS) is 11.5. The third-order valence-electron chi connectivity index (χ3n) is 8.02. The van der Waals surface area contributed by atoms with Gasteiger partial charge in [0.1, 0.15) is 17.6 Å². The fourth-order valence-corrected chi connectivity index (χ4v) is 4.68. The summed E-state index contributed by atoms with van der Waals surface area (Å²) in [5.41, 5.74) is 2.27. The first-order valence-electron chi connectivity index (χ1n) is 19.0. The first kappa shape index (κ1) is 53.6. The van der Waals surface area contributed by atoms with Gasteiger partial charge in [0.15, 0.2) is 0 Å². The van der Waals surface area contributed by atoms with Crippen LogP contribution >= 0.6 is 11.6 Å². The topological polar surface area (TPSA) is 191 Å². The zero-order valence-corrected chi connectivity index (χ0v) is 33.9. The molecule has 0 aliphatic rings. The van der Waals surface area contributed by atoms with Gasteiger partial charge >= 0.3 is 18.0 Å². The Balaban J connectivity index is -0.000000874. The Labute approximate surface area is 339 Å². The van der Waals surface area contributed by atoms with Gasteiger partial charge in [-0.25, -0.2) is 9.78 Å². The molecule has 0 aliphatic heterocycles. The van der Waals surface area contributed by atoms with E-state index in [1.165, 1.54) is 13.5 Å². The van der Waals surface area contributed by atoms with Crippen LogP contribution in [0.5, 0.6) is 0 Å². The van der Waals surface area contributed by atoms with Crippen molar-refractivity contribution in [1.29, 1.82) is 0 Å². The van der Waals surface area contributed by atoms with E-state index in [-0.39, 0.29) is 43.7 Å². The van der Waals surface area contributed by atoms with Gasteiger partial charge in [0.05, 0.1) is 27.5 Å². The number of hydrogen-bond acceptors (Lipinski definition) is 10. The highest BCUT2D eigenvalue weighted by atomic mass is 35.5. The average Bonchev–Trinajstić information content (AvgIpc) is 3.64. The molecule has 16 heteroatoms. The molecule has 4 N–H and O–H groups in total. The van der Waals surface area contributed by atoms with Crippen molar-refractivity contribution >= 4 is 46.6 Å². The first-order valence-corrected chi connectivity index (χ1v) is 19.1. The summed E-state index contributed by atoms with van der Waals surface area (Å²) in [4.78, 5) is 50.2. The lowest BCUT2D eigenvalue weighted by molar-refractivity contribution is -0.250. The van der Waals surface area contributed by atoms with Crippen molar-refractivity contribution in [2.24, 2.45) is 17.8 Å². The quantitative estimate of drug-likeness (QED) is 0.0281. The predicted molar refractivity (Wildman–Crippen MR) is 219 cm³/mol. The second-order valence-corrected chi connectivity index (χ2v) is 12.4. The van der Waals surface area contributed by atoms with Crippen LogP contribution in [0.15, 0.2) is 54.6 Å². The van der Waals surface area contributed by atoms with Crippen LogP contribution in [0, 0.1) is 17.8 Å². The van der Waals surface area contributed by atoms with E-state index in [4.69, 9.17) is 21.2 Å². The number of nitrogens with zero attached hydrogens (tertiary/aromatic N) is 3. The van der Waals surface area contributed by atoms with E-state index in [1.54, 1.807) is 25.1 Å². The lowest BCUT2D eigenvalue weighted by atomic mass is 10.0. The summed E-state index contributed by atoms with van der Waals surface area (Å²) in [5.74, 6) is -1.14. The number of para-hydroxylation sites is 1. The number of amides is 2. The number of methoxy groups -OCH3 is 1. The van der Waals surface area contributed by atoms with Crippen molar-refractivity contribution in [3.63, 3.8) is 0 Å². The molecule has 0 saturated carbocycles. The van der Waals surface area contributed by atoms with E-state index in [0.717, 1.165) is 74.6 Å². The number of halogens is 2. The summed E-state index contributed by atoms with van der Waals surface area (Å²) >= 11 is 4.64. The summed E-state index contributed by atoms with van der Waals surface area (Å²) in [6.45, 7) is 9.04. The lowest BCUT2D eigenvalue weighted by Gasteiger charge is -2.13. The highest BCUT2D eigenvalue weighted by molar-refractivity contribution is 6.15. The van der Waals surface area contributed by atoms with Crippen LogP contribution in [0.4, 0.5) is 9.18 Å². The number of aromatic nitrogens is 3. The largest absolute Gasteiger partial charge is 0.481 e. The molecule has 0 unspecified atom stereocenters. The zero-order valence-electron chi connectivity index (χ0n) is 34.2. The fraction of sp³-hybridized carbons (Fsp3) is 0.600. The van der Waals surface area contributed by atoms with Crippen LogP contribution in [-0.2, 0) is 30.5 Å². The second-order valence-electron chi connectivity index (χ2n) is 12.4. The number of aliphatic carboxylic acids is 1. The smallest absolute Gasteiger partial charge is 0.407 e. The molecule has 0 bridgehead atoms. The molecule has 1 heterocycles. The fourth-order valence-electron chi connectivity index (χ4n) is 4.68. The predicted octanol–water partition coefficient (Wildman–Crippen LogP) is 8.51. The van der Waals surface area contributed by atoms with Crippen LogP contribution in [0.2, 0.25) is 0 Å². The number of carbonyl (C=O) groups is 4. The minimum Gasteiger partial charge on any atom is -0.481 e. The number of nitrogens with one attached hydrogen (secondary N) is 2. The Morgan fingerprint density at radius 1 is 0.857 bits per heavy atom. The molecule has 3 rings (SSSR count). The van der Waals surface area contributed by atoms with Crippen LogP contribution in [0.25, 0.3) is 11.0 Å². The van der Waals surface area contributed by atoms with E-state index in [1.807, 2.05) is 50.2 Å². The minimum absolute atomic E-state index is 0. The summed E-state index contributed by atoms with van der Waals surface area (Å²) in [6.07, 6.45) is 10.1. The molecule has 14 nitrogen and oxygen atoms in total. The number of ether oxygens (including phenoxy) is 2. The van der Waals surface area contributed by atoms with E-state index >= 15 is 0 Å². The van der Waals surface area contributed by atoms with Gasteiger partial charge in [0.25, 0.3) is 0 Å². The molecule has 0 radical (unpaired) electrons. The van der Waals surface area contributed by atoms with Gasteiger partial charge < -0.3 is 25.2 Å². The van der Waals surface area contributed by atoms with Crippen LogP contribution in [0.1, 0.15) is 106 Å². The van der Waals surface area contributed by atoms with Gasteiger partial charge in [-0.05, 0) is 59.9 Å². The number of hydrogen-bond donors (Lipinski definition) is 4. The number of alkyl halides is 2. The number of alkyl carbamates (subject to hydrolysis) is 1. The lowest BCUT2D eigenvalue weighted by Crippen LogP contribution is -2.30. The van der Waals surface area contributed by atoms with Crippen molar-refractivity contribution in [3.8, 4) is 0 Å². The zero-order chi connectivity index (χ0) is 42.6. The highest BCUT2D eigenvalue weighted by Gasteiger charge is 2.14. The van der Waals surface area contributed by atoms with E-state index < -0.39 is 19.2 Å². The summed E-state index contributed by atoms with van der Waals surface area (Å²) < 4.78 is 25.4. The minimum atomic E-state index is -1.00. The van der Waals surface area contributed by atoms with Crippen molar-refractivity contribution in [2.45, 2.75) is 106 Å². The Bertz CT molecular complexity index is 1440. The summed E-state index contributed by atoms with van der Waals surface area (Å²) in [7, 11) is 0.397. The Kier molecular flexibility index (Phi) is 35.8. The monoisotopic (exact) mass is 816 g/mol. The van der Waals surface area contributed by atoms with Gasteiger partial charge in [-0.2, -0.15) is 5.26 Å². The molecule has 2 aromatic carbocycles. The maximum absolute atomic E-state index is 12.1. The number of benzene rings is 2. The summed E-state index contributed by atoms with van der Waals surface area (Å²) in [5, 5.41) is 29.7. The van der Waals surface area contributed by atoms with Crippen molar-refractivity contribution in [3.05, 3.63) is 60.2 Å². The number of carboxylic acids is 1. The van der Waals surface area contributed by atoms with Crippen molar-refractivity contribution in [2.75, 3.05) is 33.7 Å². The van der Waals surface area contributed by atoms with Crippen LogP contribution in [-0.4, -0.2) is 83.2 Å². The van der Waals surface area contributed by atoms with E-state index in [9.17, 15) is 23.6 Å². The average molecular weight is 817 g/mol. The maximum Gasteiger partial charge on any atom is 0.407 e. The van der Waals surface area contributed by atoms with Gasteiger partial charge in [-0.15, -0.1) is 16.7 Å². The molecule has 0 fully saturated rings. The molecular weight excluding hydrogens is 749 g/mol. The van der Waals surface area contributed by atoms with Crippen LogP contribution in [0.3, 0.4) is 0 Å². The number of esters is 1. The Morgan fingerprint density at radius 3 is 1.96 bits per heavy atom. The van der Waals surface area contributed by atoms with Crippen molar-refractivity contribution < 1.29 is 49.8 Å². The molecule has 0 aliphatic carbocycles. The number of carbonyl (C=O) groups excluding carboxylic acids is 3. The highest BCUT2D eigenvalue weighted by Crippen LogP contribution is 2.11. The number of fused-ring (bicyclic) bond motifs is 1. The molecule has 1 aromatic heterocycles. The van der Waals surface area contributed by atoms with Gasteiger partial charge in [-0.1, -0.05) is 110 Å². The molecule has 56 heavy (non-hydrogen) atoms. The molecule has 0 spiro atoms. The molecule has 3 aromatic rings. The number of unbranched alkanes of at least 4 members (excludes halogenated alkanes) is 4. The molecule has 320 valence electrons. The molecule has 3 atom stereocenters. The second kappa shape index (κ2) is 37.4. The van der Waals surface area contributed by atoms with Gasteiger partial charge in [0, 0.05) is 25.4 Å². The van der Waals surface area contributed by atoms with Crippen molar-refractivity contribution in [1.82, 2.24) is 25.8 Å². The maximum atomic E-state index is 12.1. The first-order chi connectivity index (χ1) is 26.9. The number of rotatable bonds is 20. The Morgan fingerprint density at radius 2 is 1.39 bits per heavy atom. The van der Waals surface area contributed by atoms with Gasteiger partial charge in [-0.3, -0.25) is 18.8 Å². The van der Waals surface area contributed by atoms with Gasteiger partial charge in [0.2, 0.25) is 5.91 Å². The molecular formula is C40H67ClFN5O9. The van der Waals surface area contributed by atoms with E-state index in [0.29, 0.717) is 24.1 Å². The van der Waals surface area contributed by atoms with E-state index in [2.05, 4.69) is 44.5 Å². The third kappa shape index (κ3) is 27.1. The van der Waals surface area contributed by atoms with Crippen LogP contribution < -0.4 is 15.6 Å². The Hall–Kier alpha value is -4.50. The summed E-state index contributed by atoms with van der Waals surface area (Å²) in [6, 6.07) is 16.7. The number of carboxylic acid groups (broad SMARTS) is 1. The SMILES string of the molecule is C.CCCCC[C@H](C)C(=O)O.CCl.COC(=O)[C@@H](C)CCCCNC(=O)[C@@H](C)CCCCNC(=O)OCc1ccccc1.OOn1nnc2ccccc21.[2H]CF. The molecule has 0 saturated heterocycles.